The number of carbonyl (C=O) groups is 1. The summed E-state index contributed by atoms with van der Waals surface area (Å²) in [5.74, 6) is 0.805. The molecule has 0 atom stereocenters. The fraction of sp³-hybridized carbons (Fsp3) is 0.0556. The number of benzene rings is 2. The van der Waals surface area contributed by atoms with Crippen LogP contribution in [0.4, 0.5) is 5.69 Å². The summed E-state index contributed by atoms with van der Waals surface area (Å²) in [6, 6.07) is 15.4. The van der Waals surface area contributed by atoms with E-state index in [0.29, 0.717) is 32.8 Å². The summed E-state index contributed by atoms with van der Waals surface area (Å²) in [7, 11) is 1.54. The van der Waals surface area contributed by atoms with Gasteiger partial charge in [0, 0.05) is 10.6 Å². The molecule has 0 spiro atoms. The minimum absolute atomic E-state index is 0.159. The van der Waals surface area contributed by atoms with E-state index < -0.39 is 0 Å². The van der Waals surface area contributed by atoms with Crippen molar-refractivity contribution < 1.29 is 13.9 Å². The van der Waals surface area contributed by atoms with Gasteiger partial charge in [-0.3, -0.25) is 4.79 Å². The molecule has 1 amide bonds. The third-order valence-electron chi connectivity index (χ3n) is 3.38. The molecule has 1 N–H and O–H groups in total. The zero-order chi connectivity index (χ0) is 17.1. The van der Waals surface area contributed by atoms with Gasteiger partial charge in [-0.1, -0.05) is 35.3 Å². The summed E-state index contributed by atoms with van der Waals surface area (Å²) < 4.78 is 10.8. The van der Waals surface area contributed by atoms with Gasteiger partial charge < -0.3 is 14.5 Å². The number of hydrogen-bond donors (Lipinski definition) is 1. The fourth-order valence-corrected chi connectivity index (χ4v) is 2.61. The van der Waals surface area contributed by atoms with E-state index in [1.807, 2.05) is 6.07 Å². The van der Waals surface area contributed by atoms with Gasteiger partial charge in [0.15, 0.2) is 5.76 Å². The molecule has 0 saturated heterocycles. The van der Waals surface area contributed by atoms with Crippen LogP contribution in [0.15, 0.2) is 59.0 Å². The van der Waals surface area contributed by atoms with Crippen LogP contribution in [0, 0.1) is 0 Å². The second kappa shape index (κ2) is 6.99. The van der Waals surface area contributed by atoms with Crippen molar-refractivity contribution in [2.24, 2.45) is 0 Å². The first-order valence-electron chi connectivity index (χ1n) is 7.08. The highest BCUT2D eigenvalue weighted by molar-refractivity contribution is 6.35. The van der Waals surface area contributed by atoms with Gasteiger partial charge in [0.2, 0.25) is 0 Å². The Morgan fingerprint density at radius 3 is 2.67 bits per heavy atom. The number of carbonyl (C=O) groups excluding carboxylic acids is 1. The summed E-state index contributed by atoms with van der Waals surface area (Å²) in [4.78, 5) is 12.4. The Morgan fingerprint density at radius 1 is 1.08 bits per heavy atom. The van der Waals surface area contributed by atoms with Crippen LogP contribution in [0.25, 0.3) is 11.3 Å². The number of rotatable bonds is 4. The number of furan rings is 1. The maximum atomic E-state index is 12.4. The van der Waals surface area contributed by atoms with Crippen LogP contribution in [0.5, 0.6) is 5.75 Å². The maximum Gasteiger partial charge on any atom is 0.291 e. The lowest BCUT2D eigenvalue weighted by atomic mass is 10.2. The number of ether oxygens (including phenoxy) is 1. The molecule has 0 aliphatic carbocycles. The maximum absolute atomic E-state index is 12.4. The molecule has 24 heavy (non-hydrogen) atoms. The van der Waals surface area contributed by atoms with Gasteiger partial charge in [-0.25, -0.2) is 0 Å². The first-order valence-corrected chi connectivity index (χ1v) is 7.83. The van der Waals surface area contributed by atoms with Crippen LogP contribution in [-0.2, 0) is 0 Å². The average Bonchev–Trinajstić information content (AvgIpc) is 3.07. The van der Waals surface area contributed by atoms with E-state index in [1.165, 1.54) is 7.11 Å². The highest BCUT2D eigenvalue weighted by Gasteiger charge is 2.15. The van der Waals surface area contributed by atoms with E-state index in [2.05, 4.69) is 5.32 Å². The number of anilines is 1. The predicted octanol–water partition coefficient (Wildman–Crippen LogP) is 5.51. The summed E-state index contributed by atoms with van der Waals surface area (Å²) in [5.41, 5.74) is 1.18. The molecule has 4 nitrogen and oxygen atoms in total. The van der Waals surface area contributed by atoms with Crippen LogP contribution >= 0.6 is 23.2 Å². The second-order valence-corrected chi connectivity index (χ2v) is 5.79. The Morgan fingerprint density at radius 2 is 1.88 bits per heavy atom. The van der Waals surface area contributed by atoms with Crippen LogP contribution in [0.1, 0.15) is 10.6 Å². The van der Waals surface area contributed by atoms with Crippen molar-refractivity contribution in [1.82, 2.24) is 0 Å². The number of para-hydroxylation sites is 2. The Labute approximate surface area is 149 Å². The standard InChI is InChI=1S/C18H13Cl2NO3/c1-23-16-5-3-2-4-14(16)21-18(22)17-9-8-15(24-17)12-10-11(19)6-7-13(12)20/h2-10H,1H3,(H,21,22). The minimum atomic E-state index is -0.385. The molecule has 0 radical (unpaired) electrons. The number of halogens is 2. The molecule has 6 heteroatoms. The Balaban J connectivity index is 1.85. The minimum Gasteiger partial charge on any atom is -0.495 e. The molecule has 0 saturated carbocycles. The molecule has 1 heterocycles. The van der Waals surface area contributed by atoms with Crippen molar-refractivity contribution in [2.75, 3.05) is 12.4 Å². The molecule has 0 fully saturated rings. The molecule has 122 valence electrons. The van der Waals surface area contributed by atoms with Crippen LogP contribution in [0.2, 0.25) is 10.0 Å². The van der Waals surface area contributed by atoms with Crippen molar-refractivity contribution in [1.29, 1.82) is 0 Å². The van der Waals surface area contributed by atoms with Crippen molar-refractivity contribution in [2.45, 2.75) is 0 Å². The lowest BCUT2D eigenvalue weighted by molar-refractivity contribution is 0.0997. The Hall–Kier alpha value is -2.43. The zero-order valence-electron chi connectivity index (χ0n) is 12.7. The van der Waals surface area contributed by atoms with Crippen molar-refractivity contribution >= 4 is 34.8 Å². The normalized spacial score (nSPS) is 10.5. The molecule has 3 rings (SSSR count). The molecular formula is C18H13Cl2NO3. The number of methoxy groups -OCH3 is 1. The third-order valence-corrected chi connectivity index (χ3v) is 3.94. The SMILES string of the molecule is COc1ccccc1NC(=O)c1ccc(-c2cc(Cl)ccc2Cl)o1. The van der Waals surface area contributed by atoms with Gasteiger partial charge in [-0.05, 0) is 42.5 Å². The number of amides is 1. The van der Waals surface area contributed by atoms with Gasteiger partial charge in [0.05, 0.1) is 17.8 Å². The molecule has 1 aromatic heterocycles. The van der Waals surface area contributed by atoms with Crippen molar-refractivity contribution in [3.05, 3.63) is 70.4 Å². The smallest absolute Gasteiger partial charge is 0.291 e. The monoisotopic (exact) mass is 361 g/mol. The van der Waals surface area contributed by atoms with E-state index in [4.69, 9.17) is 32.4 Å². The zero-order valence-corrected chi connectivity index (χ0v) is 14.2. The largest absolute Gasteiger partial charge is 0.495 e. The molecular weight excluding hydrogens is 349 g/mol. The first kappa shape index (κ1) is 16.4. The first-order chi connectivity index (χ1) is 11.6. The molecule has 3 aromatic rings. The highest BCUT2D eigenvalue weighted by atomic mass is 35.5. The van der Waals surface area contributed by atoms with E-state index >= 15 is 0 Å². The third kappa shape index (κ3) is 3.40. The lowest BCUT2D eigenvalue weighted by Crippen LogP contribution is -2.11. The lowest BCUT2D eigenvalue weighted by Gasteiger charge is -2.08. The van der Waals surface area contributed by atoms with E-state index in [9.17, 15) is 4.79 Å². The average molecular weight is 362 g/mol. The quantitative estimate of drug-likeness (QED) is 0.665. The summed E-state index contributed by atoms with van der Waals surface area (Å²) in [6.45, 7) is 0. The highest BCUT2D eigenvalue weighted by Crippen LogP contribution is 2.32. The number of hydrogen-bond acceptors (Lipinski definition) is 3. The van der Waals surface area contributed by atoms with Crippen molar-refractivity contribution in [3.8, 4) is 17.1 Å². The van der Waals surface area contributed by atoms with E-state index in [-0.39, 0.29) is 11.7 Å². The van der Waals surface area contributed by atoms with Gasteiger partial charge in [0.25, 0.3) is 5.91 Å². The number of nitrogens with one attached hydrogen (secondary N) is 1. The van der Waals surface area contributed by atoms with Crippen LogP contribution in [0.3, 0.4) is 0 Å². The van der Waals surface area contributed by atoms with Gasteiger partial charge in [-0.15, -0.1) is 0 Å². The fourth-order valence-electron chi connectivity index (χ4n) is 2.22. The van der Waals surface area contributed by atoms with Crippen molar-refractivity contribution in [3.63, 3.8) is 0 Å². The van der Waals surface area contributed by atoms with E-state index in [1.54, 1.807) is 48.5 Å². The summed E-state index contributed by atoms with van der Waals surface area (Å²) in [6.07, 6.45) is 0. The summed E-state index contributed by atoms with van der Waals surface area (Å²) >= 11 is 12.1. The van der Waals surface area contributed by atoms with Gasteiger partial charge in [0.1, 0.15) is 11.5 Å². The molecule has 0 bridgehead atoms. The predicted molar refractivity (Wildman–Crippen MR) is 95.1 cm³/mol. The molecule has 0 aliphatic rings. The van der Waals surface area contributed by atoms with E-state index in [0.717, 1.165) is 0 Å². The molecule has 2 aromatic carbocycles. The second-order valence-electron chi connectivity index (χ2n) is 4.94. The van der Waals surface area contributed by atoms with Gasteiger partial charge >= 0.3 is 0 Å². The van der Waals surface area contributed by atoms with Crippen LogP contribution in [-0.4, -0.2) is 13.0 Å². The topological polar surface area (TPSA) is 51.5 Å². The molecule has 0 unspecified atom stereocenters. The van der Waals surface area contributed by atoms with Crippen LogP contribution < -0.4 is 10.1 Å². The molecule has 0 aliphatic heterocycles. The Kier molecular flexibility index (Phi) is 4.79. The van der Waals surface area contributed by atoms with Gasteiger partial charge in [-0.2, -0.15) is 0 Å². The summed E-state index contributed by atoms with van der Waals surface area (Å²) in [5, 5.41) is 3.78. The Bertz CT molecular complexity index is 889.